The third-order valence-electron chi connectivity index (χ3n) is 3.26. The zero-order chi connectivity index (χ0) is 11.9. The summed E-state index contributed by atoms with van der Waals surface area (Å²) in [5.41, 5.74) is 6.08. The monoisotopic (exact) mass is 225 g/mol. The topological polar surface area (TPSA) is 59.6 Å². The molecule has 0 unspecified atom stereocenters. The Hall–Kier alpha value is -1.03. The van der Waals surface area contributed by atoms with Gasteiger partial charge >= 0.3 is 0 Å². The van der Waals surface area contributed by atoms with Crippen LogP contribution in [0.25, 0.3) is 0 Å². The highest BCUT2D eigenvalue weighted by Gasteiger charge is 2.36. The quantitative estimate of drug-likeness (QED) is 0.390. The van der Waals surface area contributed by atoms with Crippen molar-refractivity contribution < 1.29 is 4.74 Å². The van der Waals surface area contributed by atoms with Crippen LogP contribution in [-0.2, 0) is 4.74 Å². The maximum absolute atomic E-state index is 5.73. The highest BCUT2D eigenvalue weighted by atomic mass is 16.5. The van der Waals surface area contributed by atoms with E-state index in [4.69, 9.17) is 10.5 Å². The fraction of sp³-hybridized carbons (Fsp3) is 0.750. The Morgan fingerprint density at radius 2 is 2.38 bits per heavy atom. The predicted octanol–water partition coefficient (Wildman–Crippen LogP) is 1.28. The van der Waals surface area contributed by atoms with E-state index in [9.17, 15) is 0 Å². The van der Waals surface area contributed by atoms with Crippen LogP contribution in [0, 0.1) is 5.41 Å². The van der Waals surface area contributed by atoms with E-state index in [2.05, 4.69) is 16.9 Å². The van der Waals surface area contributed by atoms with E-state index in [0.717, 1.165) is 19.6 Å². The molecule has 0 bridgehead atoms. The van der Waals surface area contributed by atoms with Crippen LogP contribution < -0.4 is 11.1 Å². The van der Waals surface area contributed by atoms with Gasteiger partial charge in [-0.15, -0.1) is 6.58 Å². The van der Waals surface area contributed by atoms with Gasteiger partial charge in [-0.1, -0.05) is 12.5 Å². The Labute approximate surface area is 98.0 Å². The van der Waals surface area contributed by atoms with Crippen molar-refractivity contribution in [1.82, 2.24) is 5.32 Å². The fourth-order valence-electron chi connectivity index (χ4n) is 1.97. The lowest BCUT2D eigenvalue weighted by atomic mass is 9.67. The number of methoxy groups -OCH3 is 1. The minimum Gasteiger partial charge on any atom is -0.385 e. The lowest BCUT2D eigenvalue weighted by molar-refractivity contribution is 0.0779. The van der Waals surface area contributed by atoms with Crippen LogP contribution in [0.5, 0.6) is 0 Å². The van der Waals surface area contributed by atoms with Crippen LogP contribution in [0.3, 0.4) is 0 Å². The number of guanidine groups is 1. The second-order valence-electron chi connectivity index (χ2n) is 4.47. The van der Waals surface area contributed by atoms with Crippen LogP contribution >= 0.6 is 0 Å². The highest BCUT2D eigenvalue weighted by Crippen LogP contribution is 2.44. The Balaban J connectivity index is 2.34. The van der Waals surface area contributed by atoms with Crippen molar-refractivity contribution in [1.29, 1.82) is 0 Å². The van der Waals surface area contributed by atoms with Crippen LogP contribution in [0.4, 0.5) is 0 Å². The van der Waals surface area contributed by atoms with E-state index in [0.29, 0.717) is 17.9 Å². The van der Waals surface area contributed by atoms with E-state index in [1.54, 1.807) is 13.2 Å². The maximum atomic E-state index is 5.73. The van der Waals surface area contributed by atoms with Crippen molar-refractivity contribution in [3.05, 3.63) is 12.7 Å². The summed E-state index contributed by atoms with van der Waals surface area (Å²) in [7, 11) is 1.75. The number of aliphatic imine (C=N–C) groups is 1. The van der Waals surface area contributed by atoms with Gasteiger partial charge in [0.1, 0.15) is 0 Å². The van der Waals surface area contributed by atoms with Crippen molar-refractivity contribution in [2.45, 2.75) is 25.7 Å². The molecular formula is C12H23N3O. The summed E-state index contributed by atoms with van der Waals surface area (Å²) in [6.07, 6.45) is 6.65. The zero-order valence-corrected chi connectivity index (χ0v) is 10.2. The first kappa shape index (κ1) is 13.0. The molecule has 4 nitrogen and oxygen atoms in total. The molecule has 1 aliphatic rings. The van der Waals surface area contributed by atoms with Gasteiger partial charge in [0.05, 0.1) is 0 Å². The summed E-state index contributed by atoms with van der Waals surface area (Å²) in [5, 5.41) is 2.99. The Kier molecular flexibility index (Phi) is 5.32. The highest BCUT2D eigenvalue weighted by molar-refractivity contribution is 5.77. The first-order valence-corrected chi connectivity index (χ1v) is 5.86. The lowest BCUT2D eigenvalue weighted by Gasteiger charge is -2.40. The van der Waals surface area contributed by atoms with Crippen molar-refractivity contribution in [2.75, 3.05) is 26.8 Å². The molecule has 3 N–H and O–H groups in total. The minimum atomic E-state index is 0.344. The average molecular weight is 225 g/mol. The van der Waals surface area contributed by atoms with Crippen molar-refractivity contribution >= 4 is 5.96 Å². The van der Waals surface area contributed by atoms with E-state index in [1.165, 1.54) is 19.3 Å². The summed E-state index contributed by atoms with van der Waals surface area (Å²) < 4.78 is 5.14. The molecule has 0 aliphatic heterocycles. The van der Waals surface area contributed by atoms with Crippen molar-refractivity contribution in [2.24, 2.45) is 16.1 Å². The molecule has 16 heavy (non-hydrogen) atoms. The number of hydrogen-bond donors (Lipinski definition) is 2. The first-order chi connectivity index (χ1) is 7.72. The van der Waals surface area contributed by atoms with Crippen molar-refractivity contribution in [3.8, 4) is 0 Å². The number of hydrogen-bond acceptors (Lipinski definition) is 2. The Morgan fingerprint density at radius 3 is 2.88 bits per heavy atom. The molecular weight excluding hydrogens is 202 g/mol. The molecule has 4 heteroatoms. The van der Waals surface area contributed by atoms with Crippen LogP contribution in [0.2, 0.25) is 0 Å². The van der Waals surface area contributed by atoms with Crippen LogP contribution in [0.15, 0.2) is 17.6 Å². The maximum Gasteiger partial charge on any atom is 0.188 e. The lowest BCUT2D eigenvalue weighted by Crippen LogP contribution is -2.37. The van der Waals surface area contributed by atoms with Gasteiger partial charge in [-0.25, -0.2) is 0 Å². The first-order valence-electron chi connectivity index (χ1n) is 5.86. The van der Waals surface area contributed by atoms with E-state index < -0.39 is 0 Å². The van der Waals surface area contributed by atoms with Gasteiger partial charge in [-0.05, 0) is 24.7 Å². The fourth-order valence-corrected chi connectivity index (χ4v) is 1.97. The molecule has 0 saturated heterocycles. The minimum absolute atomic E-state index is 0.344. The SMILES string of the molecule is C=CCNC(N)=NCC1(CCOC)CCC1. The van der Waals surface area contributed by atoms with E-state index in [1.807, 2.05) is 0 Å². The smallest absolute Gasteiger partial charge is 0.188 e. The molecule has 1 saturated carbocycles. The molecule has 0 amide bonds. The summed E-state index contributed by atoms with van der Waals surface area (Å²) in [6, 6.07) is 0. The molecule has 1 rings (SSSR count). The largest absolute Gasteiger partial charge is 0.385 e. The number of nitrogens with two attached hydrogens (primary N) is 1. The third kappa shape index (κ3) is 3.85. The van der Waals surface area contributed by atoms with Gasteiger partial charge in [0, 0.05) is 26.8 Å². The Morgan fingerprint density at radius 1 is 1.62 bits per heavy atom. The molecule has 0 heterocycles. The molecule has 0 spiro atoms. The van der Waals surface area contributed by atoms with Gasteiger partial charge in [-0.2, -0.15) is 0 Å². The van der Waals surface area contributed by atoms with Gasteiger partial charge in [0.2, 0.25) is 0 Å². The Bertz CT molecular complexity index is 247. The van der Waals surface area contributed by atoms with Crippen LogP contribution in [0.1, 0.15) is 25.7 Å². The average Bonchev–Trinajstić information content (AvgIpc) is 2.24. The van der Waals surface area contributed by atoms with E-state index >= 15 is 0 Å². The molecule has 0 atom stereocenters. The molecule has 0 aromatic heterocycles. The molecule has 92 valence electrons. The second-order valence-corrected chi connectivity index (χ2v) is 4.47. The van der Waals surface area contributed by atoms with E-state index in [-0.39, 0.29) is 0 Å². The summed E-state index contributed by atoms with van der Waals surface area (Å²) in [6.45, 7) is 5.91. The number of rotatable bonds is 7. The van der Waals surface area contributed by atoms with Gasteiger partial charge < -0.3 is 15.8 Å². The third-order valence-corrected chi connectivity index (χ3v) is 3.26. The zero-order valence-electron chi connectivity index (χ0n) is 10.2. The summed E-state index contributed by atoms with van der Waals surface area (Å²) in [5.74, 6) is 0.517. The summed E-state index contributed by atoms with van der Waals surface area (Å²) in [4.78, 5) is 4.39. The van der Waals surface area contributed by atoms with Gasteiger partial charge in [0.15, 0.2) is 5.96 Å². The van der Waals surface area contributed by atoms with Gasteiger partial charge in [-0.3, -0.25) is 4.99 Å². The summed E-state index contributed by atoms with van der Waals surface area (Å²) >= 11 is 0. The van der Waals surface area contributed by atoms with Crippen molar-refractivity contribution in [3.63, 3.8) is 0 Å². The number of ether oxygens (including phenoxy) is 1. The number of nitrogens with zero attached hydrogens (tertiary/aromatic N) is 1. The predicted molar refractivity (Wildman–Crippen MR) is 67.5 cm³/mol. The molecule has 0 radical (unpaired) electrons. The molecule has 0 aromatic rings. The van der Waals surface area contributed by atoms with Crippen LogP contribution in [-0.4, -0.2) is 32.8 Å². The standard InChI is InChI=1S/C12H23N3O/c1-3-8-14-11(13)15-10-12(5-4-6-12)7-9-16-2/h3H,1,4-10H2,2H3,(H3,13,14,15). The normalized spacial score (nSPS) is 18.9. The number of nitrogens with one attached hydrogen (secondary N) is 1. The second kappa shape index (κ2) is 6.53. The molecule has 1 aliphatic carbocycles. The molecule has 0 aromatic carbocycles. The molecule has 1 fully saturated rings. The van der Waals surface area contributed by atoms with Gasteiger partial charge in [0.25, 0.3) is 0 Å².